The quantitative estimate of drug-likeness (QED) is 0.708. The fourth-order valence-electron chi connectivity index (χ4n) is 1.29. The number of thioether (sulfide) groups is 2. The minimum Gasteiger partial charge on any atom is -0.147 e. The van der Waals surface area contributed by atoms with E-state index < -0.39 is 0 Å². The number of hydrogen-bond acceptors (Lipinski definition) is 2. The Balaban J connectivity index is 1.94. The predicted molar refractivity (Wildman–Crippen MR) is 57.8 cm³/mol. The van der Waals surface area contributed by atoms with Crippen molar-refractivity contribution >= 4 is 23.5 Å². The van der Waals surface area contributed by atoms with Crippen molar-refractivity contribution in [1.29, 1.82) is 0 Å². The van der Waals surface area contributed by atoms with Crippen LogP contribution in [0.4, 0.5) is 0 Å². The molecule has 0 bridgehead atoms. The average Bonchev–Trinajstić information content (AvgIpc) is 2.59. The Kier molecular flexibility index (Phi) is 3.01. The summed E-state index contributed by atoms with van der Waals surface area (Å²) >= 11 is 4.11. The first kappa shape index (κ1) is 8.52. The largest absolute Gasteiger partial charge is 0.147 e. The third-order valence-corrected chi connectivity index (χ3v) is 4.77. The summed E-state index contributed by atoms with van der Waals surface area (Å²) in [5, 5.41) is 0. The zero-order valence-electron chi connectivity index (χ0n) is 6.90. The van der Waals surface area contributed by atoms with E-state index in [2.05, 4.69) is 42.1 Å². The van der Waals surface area contributed by atoms with Crippen LogP contribution in [0.5, 0.6) is 0 Å². The van der Waals surface area contributed by atoms with E-state index in [1.807, 2.05) is 11.8 Å². The van der Waals surface area contributed by atoms with E-state index in [9.17, 15) is 0 Å². The molecule has 0 saturated carbocycles. The highest BCUT2D eigenvalue weighted by Gasteiger charge is 2.15. The SMILES string of the molecule is c1ccc(SC2CCCS2)cc1. The lowest BCUT2D eigenvalue weighted by atomic mass is 10.4. The molecule has 1 aromatic rings. The van der Waals surface area contributed by atoms with E-state index in [4.69, 9.17) is 0 Å². The topological polar surface area (TPSA) is 0 Å². The van der Waals surface area contributed by atoms with Gasteiger partial charge in [0.1, 0.15) is 0 Å². The highest BCUT2D eigenvalue weighted by molar-refractivity contribution is 8.17. The second-order valence-corrected chi connectivity index (χ2v) is 5.76. The van der Waals surface area contributed by atoms with Crippen LogP contribution in [-0.2, 0) is 0 Å². The molecule has 0 amide bonds. The third-order valence-electron chi connectivity index (χ3n) is 1.90. The molecular formula is C10H12S2. The minimum atomic E-state index is 0.812. The molecule has 0 nitrogen and oxygen atoms in total. The second-order valence-electron chi connectivity index (χ2n) is 2.87. The maximum Gasteiger partial charge on any atom is 0.0549 e. The Morgan fingerprint density at radius 3 is 2.75 bits per heavy atom. The molecule has 1 fully saturated rings. The Bertz CT molecular complexity index is 227. The van der Waals surface area contributed by atoms with Crippen molar-refractivity contribution in [3.63, 3.8) is 0 Å². The maximum absolute atomic E-state index is 2.20. The number of hydrogen-bond donors (Lipinski definition) is 0. The molecule has 2 heteroatoms. The first-order valence-corrected chi connectivity index (χ1v) is 6.21. The van der Waals surface area contributed by atoms with Crippen molar-refractivity contribution in [3.05, 3.63) is 30.3 Å². The van der Waals surface area contributed by atoms with Gasteiger partial charge in [-0.3, -0.25) is 0 Å². The lowest BCUT2D eigenvalue weighted by Gasteiger charge is -2.06. The van der Waals surface area contributed by atoms with E-state index in [0.29, 0.717) is 0 Å². The van der Waals surface area contributed by atoms with E-state index in [0.717, 1.165) is 4.58 Å². The van der Waals surface area contributed by atoms with Gasteiger partial charge in [-0.25, -0.2) is 0 Å². The molecule has 0 N–H and O–H groups in total. The van der Waals surface area contributed by atoms with Crippen molar-refractivity contribution in [2.75, 3.05) is 5.75 Å². The van der Waals surface area contributed by atoms with Crippen LogP contribution in [0.15, 0.2) is 35.2 Å². The van der Waals surface area contributed by atoms with E-state index in [1.165, 1.54) is 23.5 Å². The Morgan fingerprint density at radius 1 is 1.25 bits per heavy atom. The minimum absolute atomic E-state index is 0.812. The van der Waals surface area contributed by atoms with Gasteiger partial charge in [0.25, 0.3) is 0 Å². The van der Waals surface area contributed by atoms with Gasteiger partial charge < -0.3 is 0 Å². The van der Waals surface area contributed by atoms with Gasteiger partial charge in [0.2, 0.25) is 0 Å². The molecule has 2 rings (SSSR count). The third kappa shape index (κ3) is 2.20. The summed E-state index contributed by atoms with van der Waals surface area (Å²) in [6.45, 7) is 0. The molecule has 1 aliphatic rings. The first-order valence-electron chi connectivity index (χ1n) is 4.28. The number of rotatable bonds is 2. The standard InChI is InChI=1S/C10H12S2/c1-2-5-9(6-3-1)12-10-7-4-8-11-10/h1-3,5-6,10H,4,7-8H2. The summed E-state index contributed by atoms with van der Waals surface area (Å²) in [7, 11) is 0. The fraction of sp³-hybridized carbons (Fsp3) is 0.400. The average molecular weight is 196 g/mol. The van der Waals surface area contributed by atoms with Gasteiger partial charge in [0.15, 0.2) is 0 Å². The van der Waals surface area contributed by atoms with Crippen LogP contribution in [0.1, 0.15) is 12.8 Å². The predicted octanol–water partition coefficient (Wildman–Crippen LogP) is 3.63. The molecular weight excluding hydrogens is 184 g/mol. The van der Waals surface area contributed by atoms with Crippen LogP contribution >= 0.6 is 23.5 Å². The zero-order chi connectivity index (χ0) is 8.23. The van der Waals surface area contributed by atoms with E-state index in [1.54, 1.807) is 0 Å². The highest BCUT2D eigenvalue weighted by atomic mass is 32.2. The first-order chi connectivity index (χ1) is 5.95. The molecule has 1 heterocycles. The van der Waals surface area contributed by atoms with Gasteiger partial charge in [-0.2, -0.15) is 0 Å². The Morgan fingerprint density at radius 2 is 2.08 bits per heavy atom. The second kappa shape index (κ2) is 4.24. The molecule has 0 radical (unpaired) electrons. The summed E-state index contributed by atoms with van der Waals surface area (Å²) in [5.74, 6) is 1.35. The van der Waals surface area contributed by atoms with Gasteiger partial charge in [-0.15, -0.1) is 23.5 Å². The maximum atomic E-state index is 2.20. The summed E-state index contributed by atoms with van der Waals surface area (Å²) in [4.78, 5) is 1.41. The van der Waals surface area contributed by atoms with Gasteiger partial charge in [0.05, 0.1) is 4.58 Å². The molecule has 12 heavy (non-hydrogen) atoms. The van der Waals surface area contributed by atoms with Crippen molar-refractivity contribution < 1.29 is 0 Å². The summed E-state index contributed by atoms with van der Waals surface area (Å²) in [5.41, 5.74) is 0. The molecule has 1 saturated heterocycles. The zero-order valence-corrected chi connectivity index (χ0v) is 8.53. The van der Waals surface area contributed by atoms with Crippen molar-refractivity contribution in [2.45, 2.75) is 22.3 Å². The van der Waals surface area contributed by atoms with Gasteiger partial charge >= 0.3 is 0 Å². The van der Waals surface area contributed by atoms with Crippen LogP contribution in [0.2, 0.25) is 0 Å². The van der Waals surface area contributed by atoms with E-state index >= 15 is 0 Å². The van der Waals surface area contributed by atoms with Crippen molar-refractivity contribution in [3.8, 4) is 0 Å². The summed E-state index contributed by atoms with van der Waals surface area (Å²) in [6, 6.07) is 10.7. The molecule has 0 spiro atoms. The summed E-state index contributed by atoms with van der Waals surface area (Å²) in [6.07, 6.45) is 2.78. The molecule has 64 valence electrons. The van der Waals surface area contributed by atoms with Crippen molar-refractivity contribution in [2.24, 2.45) is 0 Å². The van der Waals surface area contributed by atoms with Crippen LogP contribution in [0.3, 0.4) is 0 Å². The molecule has 1 aromatic carbocycles. The van der Waals surface area contributed by atoms with Crippen molar-refractivity contribution in [1.82, 2.24) is 0 Å². The van der Waals surface area contributed by atoms with Gasteiger partial charge in [-0.05, 0) is 30.7 Å². The molecule has 1 aliphatic heterocycles. The Labute approximate surface area is 82.1 Å². The summed E-state index contributed by atoms with van der Waals surface area (Å²) < 4.78 is 0.812. The van der Waals surface area contributed by atoms with Crippen LogP contribution < -0.4 is 0 Å². The Hall–Kier alpha value is -0.0800. The smallest absolute Gasteiger partial charge is 0.0549 e. The number of benzene rings is 1. The molecule has 1 unspecified atom stereocenters. The lowest BCUT2D eigenvalue weighted by molar-refractivity contribution is 0.923. The van der Waals surface area contributed by atoms with Gasteiger partial charge in [-0.1, -0.05) is 18.2 Å². The monoisotopic (exact) mass is 196 g/mol. The highest BCUT2D eigenvalue weighted by Crippen LogP contribution is 2.38. The fourth-order valence-corrected chi connectivity index (χ4v) is 4.02. The lowest BCUT2D eigenvalue weighted by Crippen LogP contribution is -1.87. The van der Waals surface area contributed by atoms with E-state index in [-0.39, 0.29) is 0 Å². The van der Waals surface area contributed by atoms with Crippen LogP contribution in [0.25, 0.3) is 0 Å². The normalized spacial score (nSPS) is 22.8. The van der Waals surface area contributed by atoms with Crippen LogP contribution in [-0.4, -0.2) is 10.3 Å². The van der Waals surface area contributed by atoms with Gasteiger partial charge in [0, 0.05) is 4.90 Å². The molecule has 1 atom stereocenters. The molecule has 0 aliphatic carbocycles. The van der Waals surface area contributed by atoms with Crippen LogP contribution in [0, 0.1) is 0 Å². The molecule has 0 aromatic heterocycles.